The molecular weight excluding hydrogens is 575 g/mol. The van der Waals surface area contributed by atoms with Gasteiger partial charge in [-0.25, -0.2) is 0 Å². The number of hydrogen-bond donors (Lipinski definition) is 0. The zero-order valence-electron chi connectivity index (χ0n) is 27.3. The van der Waals surface area contributed by atoms with Crippen LogP contribution >= 0.6 is 0 Å². The van der Waals surface area contributed by atoms with Crippen molar-refractivity contribution in [3.05, 3.63) is 144 Å². The number of hydrogen-bond acceptors (Lipinski definition) is 4. The van der Waals surface area contributed by atoms with Gasteiger partial charge in [0.15, 0.2) is 0 Å². The Kier molecular flexibility index (Phi) is 11.2. The number of ether oxygens (including phenoxy) is 3. The standard InChI is InChI=1S/C25H30BO3.C14H13OS/c1-25(2,3)26(19-7-13-22(27-4)14-8-19,20-9-15-23(28-5)16-10-20)21-11-17-24(29-6)18-12-21;1-11-7-5-6-10-13(11)14(16-15)12-8-3-2-4-9-12/h7-18H,1-6H3;2-10,14H,1H3/q-1;+1. The SMILES string of the molecule is COc1ccc([B-](c2ccc(OC)cc2)(c2ccc(OC)cc2)C(C)(C)C)cc1.Cc1ccccc1C([S+]=O)c1ccccc1. The van der Waals surface area contributed by atoms with Crippen LogP contribution in [0.25, 0.3) is 0 Å². The maximum absolute atomic E-state index is 11.3. The van der Waals surface area contributed by atoms with Gasteiger partial charge in [0.25, 0.3) is 5.25 Å². The fourth-order valence-electron chi connectivity index (χ4n) is 6.55. The van der Waals surface area contributed by atoms with E-state index >= 15 is 0 Å². The van der Waals surface area contributed by atoms with E-state index in [0.717, 1.165) is 28.4 Å². The molecular formula is C39H43BO4S. The number of aryl methyl sites for hydroxylation is 1. The molecule has 0 amide bonds. The molecule has 5 aromatic rings. The molecule has 0 N–H and O–H groups in total. The van der Waals surface area contributed by atoms with Crippen LogP contribution in [0.3, 0.4) is 0 Å². The topological polar surface area (TPSA) is 44.8 Å². The molecule has 0 bridgehead atoms. The fraction of sp³-hybridized carbons (Fsp3) is 0.231. The summed E-state index contributed by atoms with van der Waals surface area (Å²) < 4.78 is 27.5. The third kappa shape index (κ3) is 7.29. The van der Waals surface area contributed by atoms with E-state index in [-0.39, 0.29) is 10.6 Å². The summed E-state index contributed by atoms with van der Waals surface area (Å²) in [5.41, 5.74) is 7.15. The quantitative estimate of drug-likeness (QED) is 0.127. The van der Waals surface area contributed by atoms with Gasteiger partial charge < -0.3 is 14.2 Å². The summed E-state index contributed by atoms with van der Waals surface area (Å²) in [6.45, 7) is 8.98. The molecule has 0 aromatic heterocycles. The lowest BCUT2D eigenvalue weighted by Crippen LogP contribution is -2.72. The first-order valence-corrected chi connectivity index (χ1v) is 16.0. The number of benzene rings is 5. The molecule has 5 rings (SSSR count). The smallest absolute Gasteiger partial charge is 0.472 e. The molecule has 45 heavy (non-hydrogen) atoms. The van der Waals surface area contributed by atoms with Crippen molar-refractivity contribution in [2.75, 3.05) is 21.3 Å². The van der Waals surface area contributed by atoms with Crippen molar-refractivity contribution >= 4 is 34.2 Å². The Morgan fingerprint density at radius 2 is 0.933 bits per heavy atom. The second kappa shape index (κ2) is 15.0. The Hall–Kier alpha value is -4.42. The average Bonchev–Trinajstić information content (AvgIpc) is 3.07. The fourth-order valence-corrected chi connectivity index (χ4v) is 7.19. The van der Waals surface area contributed by atoms with Gasteiger partial charge in [-0.3, -0.25) is 0 Å². The first-order chi connectivity index (χ1) is 21.7. The Morgan fingerprint density at radius 3 is 1.27 bits per heavy atom. The lowest BCUT2D eigenvalue weighted by atomic mass is 9.07. The summed E-state index contributed by atoms with van der Waals surface area (Å²) in [6, 6.07) is 43.4. The van der Waals surface area contributed by atoms with Crippen LogP contribution in [-0.2, 0) is 15.9 Å². The summed E-state index contributed by atoms with van der Waals surface area (Å²) in [4.78, 5) is 0. The Bertz CT molecular complexity index is 1530. The maximum Gasteiger partial charge on any atom is 0.472 e. The molecule has 0 heterocycles. The maximum atomic E-state index is 11.3. The van der Waals surface area contributed by atoms with Gasteiger partial charge in [-0.1, -0.05) is 112 Å². The van der Waals surface area contributed by atoms with Crippen molar-refractivity contribution in [1.29, 1.82) is 0 Å². The van der Waals surface area contributed by atoms with Crippen LogP contribution < -0.4 is 30.6 Å². The third-order valence-electron chi connectivity index (χ3n) is 8.82. The highest BCUT2D eigenvalue weighted by Gasteiger charge is 2.40. The number of rotatable bonds is 9. The van der Waals surface area contributed by atoms with E-state index < -0.39 is 6.15 Å². The molecule has 0 radical (unpaired) electrons. The van der Waals surface area contributed by atoms with Crippen molar-refractivity contribution in [1.82, 2.24) is 0 Å². The minimum atomic E-state index is -1.29. The highest BCUT2D eigenvalue weighted by Crippen LogP contribution is 2.36. The summed E-state index contributed by atoms with van der Waals surface area (Å²) >= 11 is 0.640. The minimum absolute atomic E-state index is 0.0578. The van der Waals surface area contributed by atoms with E-state index in [4.69, 9.17) is 14.2 Å². The summed E-state index contributed by atoms with van der Waals surface area (Å²) in [7, 11) is 5.10. The van der Waals surface area contributed by atoms with Crippen LogP contribution in [0, 0.1) is 6.92 Å². The molecule has 232 valence electrons. The molecule has 1 unspecified atom stereocenters. The van der Waals surface area contributed by atoms with Crippen LogP contribution in [0.5, 0.6) is 17.2 Å². The summed E-state index contributed by atoms with van der Waals surface area (Å²) in [5.74, 6) is 2.57. The van der Waals surface area contributed by atoms with Gasteiger partial charge in [0.2, 0.25) is 0 Å². The van der Waals surface area contributed by atoms with E-state index in [1.807, 2.05) is 97.9 Å². The van der Waals surface area contributed by atoms with Crippen LogP contribution in [0.2, 0.25) is 5.31 Å². The second-order valence-corrected chi connectivity index (χ2v) is 13.0. The zero-order valence-corrected chi connectivity index (χ0v) is 28.1. The van der Waals surface area contributed by atoms with Gasteiger partial charge >= 0.3 is 11.7 Å². The zero-order chi connectivity index (χ0) is 32.5. The Balaban J connectivity index is 0.000000242. The van der Waals surface area contributed by atoms with Crippen molar-refractivity contribution in [2.45, 2.75) is 38.3 Å². The Labute approximate surface area is 272 Å². The lowest BCUT2D eigenvalue weighted by molar-refractivity contribution is 0.415. The van der Waals surface area contributed by atoms with Crippen LogP contribution in [-0.4, -0.2) is 27.5 Å². The molecule has 0 aliphatic carbocycles. The third-order valence-corrected chi connectivity index (χ3v) is 9.53. The predicted octanol–water partition coefficient (Wildman–Crippen LogP) is 7.50. The predicted molar refractivity (Wildman–Crippen MR) is 191 cm³/mol. The molecule has 0 saturated heterocycles. The lowest BCUT2D eigenvalue weighted by Gasteiger charge is -2.54. The van der Waals surface area contributed by atoms with Gasteiger partial charge in [0.1, 0.15) is 17.2 Å². The van der Waals surface area contributed by atoms with Gasteiger partial charge in [-0.05, 0) is 48.9 Å². The van der Waals surface area contributed by atoms with Crippen LogP contribution in [0.4, 0.5) is 0 Å². The molecule has 0 aliphatic rings. The first kappa shape index (κ1) is 33.5. The van der Waals surface area contributed by atoms with E-state index in [2.05, 4.69) is 57.2 Å². The molecule has 0 fully saturated rings. The molecule has 6 heteroatoms. The van der Waals surface area contributed by atoms with Crippen molar-refractivity contribution in [2.24, 2.45) is 0 Å². The molecule has 1 atom stereocenters. The highest BCUT2D eigenvalue weighted by molar-refractivity contribution is 7.66. The average molecular weight is 619 g/mol. The molecule has 0 aliphatic heterocycles. The van der Waals surface area contributed by atoms with Gasteiger partial charge in [0, 0.05) is 15.3 Å². The number of methoxy groups -OCH3 is 3. The summed E-state index contributed by atoms with van der Waals surface area (Å²) in [6.07, 6.45) is -1.29. The van der Waals surface area contributed by atoms with E-state index in [1.165, 1.54) is 22.0 Å². The van der Waals surface area contributed by atoms with E-state index in [1.54, 1.807) is 21.3 Å². The molecule has 5 aromatic carbocycles. The minimum Gasteiger partial charge on any atom is -0.497 e. The highest BCUT2D eigenvalue weighted by atomic mass is 32.1. The van der Waals surface area contributed by atoms with Crippen LogP contribution in [0.15, 0.2) is 127 Å². The molecule has 0 spiro atoms. The van der Waals surface area contributed by atoms with Crippen molar-refractivity contribution in [3.63, 3.8) is 0 Å². The van der Waals surface area contributed by atoms with E-state index in [9.17, 15) is 4.21 Å². The Morgan fingerprint density at radius 1 is 0.556 bits per heavy atom. The van der Waals surface area contributed by atoms with Gasteiger partial charge in [-0.15, -0.1) is 5.31 Å². The largest absolute Gasteiger partial charge is 0.497 e. The normalized spacial score (nSPS) is 11.9. The van der Waals surface area contributed by atoms with Crippen molar-refractivity contribution < 1.29 is 18.4 Å². The second-order valence-electron chi connectivity index (χ2n) is 12.3. The van der Waals surface area contributed by atoms with E-state index in [0.29, 0.717) is 11.7 Å². The van der Waals surface area contributed by atoms with Crippen molar-refractivity contribution in [3.8, 4) is 17.2 Å². The summed E-state index contributed by atoms with van der Waals surface area (Å²) in [5, 5.41) is -0.167. The van der Waals surface area contributed by atoms with Gasteiger partial charge in [-0.2, -0.15) is 16.4 Å². The van der Waals surface area contributed by atoms with Gasteiger partial charge in [0.05, 0.1) is 27.5 Å². The molecule has 0 saturated carbocycles. The first-order valence-electron chi connectivity index (χ1n) is 15.2. The molecule has 4 nitrogen and oxygen atoms in total. The van der Waals surface area contributed by atoms with Crippen LogP contribution in [0.1, 0.15) is 42.7 Å². The monoisotopic (exact) mass is 618 g/mol.